The number of nitrogens with zero attached hydrogens (tertiary/aromatic N) is 2. The van der Waals surface area contributed by atoms with E-state index >= 15 is 0 Å². The van der Waals surface area contributed by atoms with Gasteiger partial charge in [0.2, 0.25) is 0 Å². The van der Waals surface area contributed by atoms with E-state index in [0.717, 1.165) is 25.7 Å². The van der Waals surface area contributed by atoms with Crippen LogP contribution >= 0.6 is 0 Å². The molecule has 6 nitrogen and oxygen atoms in total. The molecule has 0 aromatic heterocycles. The first-order chi connectivity index (χ1) is 13.4. The lowest BCUT2D eigenvalue weighted by molar-refractivity contribution is 0.0365. The zero-order valence-electron chi connectivity index (χ0n) is 17.6. The van der Waals surface area contributed by atoms with Crippen LogP contribution in [0.1, 0.15) is 86.9 Å². The van der Waals surface area contributed by atoms with Crippen LogP contribution in [-0.4, -0.2) is 46.0 Å². The lowest BCUT2D eigenvalue weighted by atomic mass is 9.99. The minimum Gasteiger partial charge on any atom is -0.284 e. The standard InChI is InChI=1S/C22H34N4O2/c1-15-7-5-8-16(2)25(15)23-21(27)19-11-13-20(14-12-19)22(28)24-26-17(3)9-6-10-18(26)4/h11-18H,5-10H2,1-4H3,(H,23,27)(H,24,28)/t15-,16-,17-,18-/m1/s1. The Balaban J connectivity index is 1.61. The first kappa shape index (κ1) is 20.8. The second kappa shape index (κ2) is 9.05. The number of nitrogens with one attached hydrogen (secondary N) is 2. The average molecular weight is 387 g/mol. The molecule has 3 rings (SSSR count). The molecule has 0 spiro atoms. The van der Waals surface area contributed by atoms with Crippen molar-refractivity contribution in [1.29, 1.82) is 0 Å². The zero-order valence-corrected chi connectivity index (χ0v) is 17.6. The van der Waals surface area contributed by atoms with Gasteiger partial charge in [0, 0.05) is 35.3 Å². The summed E-state index contributed by atoms with van der Waals surface area (Å²) in [6.07, 6.45) is 6.78. The maximum absolute atomic E-state index is 12.6. The van der Waals surface area contributed by atoms with E-state index in [0.29, 0.717) is 35.3 Å². The molecular formula is C22H34N4O2. The quantitative estimate of drug-likeness (QED) is 0.831. The van der Waals surface area contributed by atoms with Crippen LogP contribution in [0.25, 0.3) is 0 Å². The molecular weight excluding hydrogens is 352 g/mol. The summed E-state index contributed by atoms with van der Waals surface area (Å²) >= 11 is 0. The smallest absolute Gasteiger partial charge is 0.265 e. The highest BCUT2D eigenvalue weighted by Crippen LogP contribution is 2.22. The van der Waals surface area contributed by atoms with Gasteiger partial charge in [0.05, 0.1) is 0 Å². The molecule has 2 amide bonds. The van der Waals surface area contributed by atoms with Crippen LogP contribution in [0.5, 0.6) is 0 Å². The maximum atomic E-state index is 12.6. The summed E-state index contributed by atoms with van der Waals surface area (Å²) in [6, 6.07) is 8.27. The zero-order chi connectivity index (χ0) is 20.3. The molecule has 1 aromatic rings. The van der Waals surface area contributed by atoms with Crippen LogP contribution in [0, 0.1) is 0 Å². The van der Waals surface area contributed by atoms with Crippen molar-refractivity contribution >= 4 is 11.8 Å². The summed E-state index contributed by atoms with van der Waals surface area (Å²) in [5.41, 5.74) is 7.23. The van der Waals surface area contributed by atoms with E-state index in [-0.39, 0.29) is 11.8 Å². The van der Waals surface area contributed by atoms with Crippen LogP contribution < -0.4 is 10.9 Å². The fourth-order valence-electron chi connectivity index (χ4n) is 4.42. The van der Waals surface area contributed by atoms with Gasteiger partial charge in [0.1, 0.15) is 0 Å². The summed E-state index contributed by atoms with van der Waals surface area (Å²) < 4.78 is 0. The van der Waals surface area contributed by atoms with Gasteiger partial charge in [0.15, 0.2) is 0 Å². The maximum Gasteiger partial charge on any atom is 0.265 e. The molecule has 0 unspecified atom stereocenters. The van der Waals surface area contributed by atoms with Gasteiger partial charge in [-0.3, -0.25) is 20.4 Å². The molecule has 1 aromatic carbocycles. The predicted molar refractivity (Wildman–Crippen MR) is 111 cm³/mol. The molecule has 2 fully saturated rings. The fourth-order valence-corrected chi connectivity index (χ4v) is 4.42. The van der Waals surface area contributed by atoms with E-state index in [1.54, 1.807) is 24.3 Å². The molecule has 0 saturated carbocycles. The van der Waals surface area contributed by atoms with Gasteiger partial charge in [0.25, 0.3) is 11.8 Å². The Bertz CT molecular complexity index is 611. The third-order valence-corrected chi connectivity index (χ3v) is 6.26. The van der Waals surface area contributed by atoms with Crippen LogP contribution in [0.2, 0.25) is 0 Å². The van der Waals surface area contributed by atoms with Crippen LogP contribution in [0.15, 0.2) is 24.3 Å². The van der Waals surface area contributed by atoms with Crippen molar-refractivity contribution < 1.29 is 9.59 Å². The van der Waals surface area contributed by atoms with Crippen LogP contribution in [0.3, 0.4) is 0 Å². The van der Waals surface area contributed by atoms with Gasteiger partial charge < -0.3 is 0 Å². The molecule has 154 valence electrons. The molecule has 6 heteroatoms. The van der Waals surface area contributed by atoms with E-state index in [1.807, 2.05) is 0 Å². The van der Waals surface area contributed by atoms with Crippen LogP contribution in [-0.2, 0) is 0 Å². The first-order valence-electron chi connectivity index (χ1n) is 10.7. The van der Waals surface area contributed by atoms with Gasteiger partial charge in [-0.2, -0.15) is 0 Å². The minimum atomic E-state index is -0.120. The Morgan fingerprint density at radius 1 is 0.679 bits per heavy atom. The molecule has 2 saturated heterocycles. The third-order valence-electron chi connectivity index (χ3n) is 6.26. The topological polar surface area (TPSA) is 64.7 Å². The average Bonchev–Trinajstić information content (AvgIpc) is 2.67. The molecule has 28 heavy (non-hydrogen) atoms. The third kappa shape index (κ3) is 4.73. The van der Waals surface area contributed by atoms with Gasteiger partial charge >= 0.3 is 0 Å². The second-order valence-corrected chi connectivity index (χ2v) is 8.53. The summed E-state index contributed by atoms with van der Waals surface area (Å²) in [5, 5.41) is 4.12. The number of rotatable bonds is 4. The predicted octanol–water partition coefficient (Wildman–Crippen LogP) is 3.50. The molecule has 0 aliphatic carbocycles. The van der Waals surface area contributed by atoms with Crippen molar-refractivity contribution in [2.45, 2.75) is 90.4 Å². The van der Waals surface area contributed by atoms with Gasteiger partial charge in [-0.05, 0) is 77.6 Å². The lowest BCUT2D eigenvalue weighted by Crippen LogP contribution is -2.54. The molecule has 4 atom stereocenters. The van der Waals surface area contributed by atoms with Crippen LogP contribution in [0.4, 0.5) is 0 Å². The molecule has 0 bridgehead atoms. The van der Waals surface area contributed by atoms with E-state index in [9.17, 15) is 9.59 Å². The minimum absolute atomic E-state index is 0.120. The number of amides is 2. The SMILES string of the molecule is C[C@@H]1CCC[C@@H](C)N1NC(=O)c1ccc(C(=O)NN2[C@H](C)CCC[C@H]2C)cc1. The number of carbonyl (C=O) groups is 2. The monoisotopic (exact) mass is 386 g/mol. The Morgan fingerprint density at radius 3 is 1.25 bits per heavy atom. The Labute approximate surface area is 168 Å². The highest BCUT2D eigenvalue weighted by molar-refractivity contribution is 5.97. The summed E-state index contributed by atoms with van der Waals surface area (Å²) in [6.45, 7) is 8.58. The number of piperidine rings is 2. The fraction of sp³-hybridized carbons (Fsp3) is 0.636. The summed E-state index contributed by atoms with van der Waals surface area (Å²) in [7, 11) is 0. The largest absolute Gasteiger partial charge is 0.284 e. The van der Waals surface area contributed by atoms with Crippen molar-refractivity contribution in [3.63, 3.8) is 0 Å². The van der Waals surface area contributed by atoms with Crippen molar-refractivity contribution in [2.75, 3.05) is 0 Å². The summed E-state index contributed by atoms with van der Waals surface area (Å²) in [5.74, 6) is -0.239. The van der Waals surface area contributed by atoms with E-state index in [1.165, 1.54) is 12.8 Å². The Kier molecular flexibility index (Phi) is 6.73. The van der Waals surface area contributed by atoms with Crippen molar-refractivity contribution in [3.05, 3.63) is 35.4 Å². The Morgan fingerprint density at radius 2 is 0.964 bits per heavy atom. The van der Waals surface area contributed by atoms with Gasteiger partial charge in [-0.25, -0.2) is 10.0 Å². The highest BCUT2D eigenvalue weighted by Gasteiger charge is 2.27. The molecule has 2 aliphatic rings. The number of benzene rings is 1. The molecule has 2 aliphatic heterocycles. The number of hydrazine groups is 2. The van der Waals surface area contributed by atoms with Crippen molar-refractivity contribution in [1.82, 2.24) is 20.9 Å². The van der Waals surface area contributed by atoms with E-state index < -0.39 is 0 Å². The van der Waals surface area contributed by atoms with Gasteiger partial charge in [-0.1, -0.05) is 12.8 Å². The van der Waals surface area contributed by atoms with E-state index in [4.69, 9.17) is 0 Å². The number of carbonyl (C=O) groups excluding carboxylic acids is 2. The second-order valence-electron chi connectivity index (χ2n) is 8.53. The highest BCUT2D eigenvalue weighted by atomic mass is 16.2. The molecule has 2 N–H and O–H groups in total. The lowest BCUT2D eigenvalue weighted by Gasteiger charge is -2.38. The first-order valence-corrected chi connectivity index (χ1v) is 10.7. The van der Waals surface area contributed by atoms with E-state index in [2.05, 4.69) is 48.6 Å². The number of hydrogen-bond donors (Lipinski definition) is 2. The normalized spacial score (nSPS) is 29.3. The molecule has 0 radical (unpaired) electrons. The number of hydrogen-bond acceptors (Lipinski definition) is 4. The van der Waals surface area contributed by atoms with Gasteiger partial charge in [-0.15, -0.1) is 0 Å². The van der Waals surface area contributed by atoms with Crippen molar-refractivity contribution in [3.8, 4) is 0 Å². The Hall–Kier alpha value is -1.92. The van der Waals surface area contributed by atoms with Crippen molar-refractivity contribution in [2.24, 2.45) is 0 Å². The molecule has 2 heterocycles. The summed E-state index contributed by atoms with van der Waals surface area (Å²) in [4.78, 5) is 25.3.